The standard InChI is InChI=1S/C13H19N5O2S/c1-2-3-6-17(7-8-19)12(20)10-18-15-13(14-16-18)11-5-4-9-21-11/h4-5,9,19H,2-3,6-8,10H2,1H3. The van der Waals surface area contributed by atoms with E-state index in [1.54, 1.807) is 4.90 Å². The van der Waals surface area contributed by atoms with Crippen LogP contribution in [0.25, 0.3) is 10.7 Å². The first-order valence-electron chi connectivity index (χ1n) is 6.95. The molecule has 8 heteroatoms. The Morgan fingerprint density at radius 3 is 3.00 bits per heavy atom. The molecule has 21 heavy (non-hydrogen) atoms. The molecule has 1 amide bonds. The average Bonchev–Trinajstić information content (AvgIpc) is 3.13. The highest BCUT2D eigenvalue weighted by atomic mass is 32.1. The topological polar surface area (TPSA) is 84.1 Å². The molecule has 0 saturated carbocycles. The summed E-state index contributed by atoms with van der Waals surface area (Å²) < 4.78 is 0. The molecule has 0 aliphatic rings. The van der Waals surface area contributed by atoms with Crippen molar-refractivity contribution in [1.29, 1.82) is 0 Å². The smallest absolute Gasteiger partial charge is 0.246 e. The predicted octanol–water partition coefficient (Wildman–Crippen LogP) is 1.02. The number of amides is 1. The molecule has 0 radical (unpaired) electrons. The number of tetrazole rings is 1. The quantitative estimate of drug-likeness (QED) is 0.787. The third-order valence-electron chi connectivity index (χ3n) is 2.98. The molecule has 0 aliphatic carbocycles. The Hall–Kier alpha value is -1.80. The number of hydrogen-bond donors (Lipinski definition) is 1. The van der Waals surface area contributed by atoms with Gasteiger partial charge < -0.3 is 10.0 Å². The molecule has 2 rings (SSSR count). The maximum Gasteiger partial charge on any atom is 0.246 e. The summed E-state index contributed by atoms with van der Waals surface area (Å²) in [7, 11) is 0. The number of carbonyl (C=O) groups is 1. The van der Waals surface area contributed by atoms with Crippen LogP contribution in [-0.2, 0) is 11.3 Å². The van der Waals surface area contributed by atoms with Gasteiger partial charge in [0.05, 0.1) is 11.5 Å². The third kappa shape index (κ3) is 4.33. The molecule has 0 fully saturated rings. The van der Waals surface area contributed by atoms with E-state index in [0.29, 0.717) is 18.9 Å². The van der Waals surface area contributed by atoms with E-state index in [1.807, 2.05) is 17.5 Å². The molecule has 2 aromatic heterocycles. The first-order chi connectivity index (χ1) is 10.2. The van der Waals surface area contributed by atoms with E-state index in [4.69, 9.17) is 5.11 Å². The lowest BCUT2D eigenvalue weighted by atomic mass is 10.3. The number of hydrogen-bond acceptors (Lipinski definition) is 6. The molecule has 2 heterocycles. The van der Waals surface area contributed by atoms with Crippen LogP contribution in [0.4, 0.5) is 0 Å². The van der Waals surface area contributed by atoms with Crippen LogP contribution in [-0.4, -0.2) is 55.8 Å². The summed E-state index contributed by atoms with van der Waals surface area (Å²) in [6.45, 7) is 3.05. The SMILES string of the molecule is CCCCN(CCO)C(=O)Cn1nnc(-c2cccs2)n1. The lowest BCUT2D eigenvalue weighted by molar-refractivity contribution is -0.132. The molecular weight excluding hydrogens is 290 g/mol. The Kier molecular flexibility index (Phi) is 5.82. The highest BCUT2D eigenvalue weighted by Gasteiger charge is 2.15. The van der Waals surface area contributed by atoms with Crippen LogP contribution in [0.2, 0.25) is 0 Å². The molecule has 0 atom stereocenters. The van der Waals surface area contributed by atoms with Crippen molar-refractivity contribution in [2.24, 2.45) is 0 Å². The van der Waals surface area contributed by atoms with Gasteiger partial charge in [0.1, 0.15) is 6.54 Å². The maximum atomic E-state index is 12.2. The van der Waals surface area contributed by atoms with Crippen molar-refractivity contribution in [3.05, 3.63) is 17.5 Å². The molecular formula is C13H19N5O2S. The summed E-state index contributed by atoms with van der Waals surface area (Å²) in [5, 5.41) is 23.0. The van der Waals surface area contributed by atoms with Gasteiger partial charge in [-0.2, -0.15) is 4.80 Å². The number of carbonyl (C=O) groups excluding carboxylic acids is 1. The summed E-state index contributed by atoms with van der Waals surface area (Å²) in [5.74, 6) is 0.424. The summed E-state index contributed by atoms with van der Waals surface area (Å²) in [6, 6.07) is 3.83. The number of rotatable bonds is 8. The fourth-order valence-electron chi connectivity index (χ4n) is 1.87. The Bertz CT molecular complexity index is 555. The molecule has 7 nitrogen and oxygen atoms in total. The van der Waals surface area contributed by atoms with E-state index in [1.165, 1.54) is 16.1 Å². The highest BCUT2D eigenvalue weighted by molar-refractivity contribution is 7.13. The van der Waals surface area contributed by atoms with E-state index in [0.717, 1.165) is 17.7 Å². The highest BCUT2D eigenvalue weighted by Crippen LogP contribution is 2.19. The predicted molar refractivity (Wildman–Crippen MR) is 79.7 cm³/mol. The molecule has 0 aliphatic heterocycles. The van der Waals surface area contributed by atoms with Gasteiger partial charge in [-0.1, -0.05) is 19.4 Å². The molecule has 0 aromatic carbocycles. The van der Waals surface area contributed by atoms with Gasteiger partial charge in [0.2, 0.25) is 11.7 Å². The van der Waals surface area contributed by atoms with Gasteiger partial charge in [0.15, 0.2) is 0 Å². The molecule has 0 spiro atoms. The van der Waals surface area contributed by atoms with E-state index in [-0.39, 0.29) is 19.1 Å². The normalized spacial score (nSPS) is 10.8. The number of aliphatic hydroxyl groups is 1. The lowest BCUT2D eigenvalue weighted by Gasteiger charge is -2.20. The van der Waals surface area contributed by atoms with Crippen molar-refractivity contribution in [2.75, 3.05) is 19.7 Å². The number of aliphatic hydroxyl groups excluding tert-OH is 1. The van der Waals surface area contributed by atoms with Crippen LogP contribution < -0.4 is 0 Å². The van der Waals surface area contributed by atoms with Crippen LogP contribution in [0.1, 0.15) is 19.8 Å². The fraction of sp³-hybridized carbons (Fsp3) is 0.538. The fourth-order valence-corrected chi connectivity index (χ4v) is 2.51. The molecule has 0 bridgehead atoms. The Morgan fingerprint density at radius 1 is 1.48 bits per heavy atom. The van der Waals surface area contributed by atoms with E-state index < -0.39 is 0 Å². The second kappa shape index (κ2) is 7.84. The number of aromatic nitrogens is 4. The van der Waals surface area contributed by atoms with Crippen LogP contribution >= 0.6 is 11.3 Å². The monoisotopic (exact) mass is 309 g/mol. The summed E-state index contributed by atoms with van der Waals surface area (Å²) in [6.07, 6.45) is 1.91. The number of thiophene rings is 1. The molecule has 0 unspecified atom stereocenters. The van der Waals surface area contributed by atoms with Gasteiger partial charge in [-0.25, -0.2) is 0 Å². The summed E-state index contributed by atoms with van der Waals surface area (Å²) >= 11 is 1.53. The minimum Gasteiger partial charge on any atom is -0.395 e. The first-order valence-corrected chi connectivity index (χ1v) is 7.83. The Balaban J connectivity index is 1.97. The number of unbranched alkanes of at least 4 members (excludes halogenated alkanes) is 1. The van der Waals surface area contributed by atoms with E-state index >= 15 is 0 Å². The van der Waals surface area contributed by atoms with Gasteiger partial charge in [0, 0.05) is 13.1 Å². The Labute approximate surface area is 127 Å². The van der Waals surface area contributed by atoms with Crippen molar-refractivity contribution in [1.82, 2.24) is 25.1 Å². The Morgan fingerprint density at radius 2 is 2.33 bits per heavy atom. The first kappa shape index (κ1) is 15.6. The van der Waals surface area contributed by atoms with Crippen molar-refractivity contribution < 1.29 is 9.90 Å². The zero-order chi connectivity index (χ0) is 15.1. The molecule has 0 saturated heterocycles. The van der Waals surface area contributed by atoms with Crippen molar-refractivity contribution >= 4 is 17.2 Å². The minimum absolute atomic E-state index is 0.0410. The number of nitrogens with zero attached hydrogens (tertiary/aromatic N) is 5. The second-order valence-electron chi connectivity index (χ2n) is 4.58. The lowest BCUT2D eigenvalue weighted by Crippen LogP contribution is -2.37. The third-order valence-corrected chi connectivity index (χ3v) is 3.84. The molecule has 1 N–H and O–H groups in total. The molecule has 2 aromatic rings. The summed E-state index contributed by atoms with van der Waals surface area (Å²) in [4.78, 5) is 16.1. The summed E-state index contributed by atoms with van der Waals surface area (Å²) in [5.41, 5.74) is 0. The molecule has 114 valence electrons. The minimum atomic E-state index is -0.104. The van der Waals surface area contributed by atoms with E-state index in [9.17, 15) is 4.79 Å². The average molecular weight is 309 g/mol. The van der Waals surface area contributed by atoms with Gasteiger partial charge in [0.25, 0.3) is 0 Å². The largest absolute Gasteiger partial charge is 0.395 e. The zero-order valence-electron chi connectivity index (χ0n) is 12.0. The van der Waals surface area contributed by atoms with Crippen LogP contribution in [0.5, 0.6) is 0 Å². The van der Waals surface area contributed by atoms with E-state index in [2.05, 4.69) is 22.3 Å². The van der Waals surface area contributed by atoms with Crippen LogP contribution in [0, 0.1) is 0 Å². The van der Waals surface area contributed by atoms with Crippen molar-refractivity contribution in [3.63, 3.8) is 0 Å². The second-order valence-corrected chi connectivity index (χ2v) is 5.53. The maximum absolute atomic E-state index is 12.2. The van der Waals surface area contributed by atoms with Crippen molar-refractivity contribution in [2.45, 2.75) is 26.3 Å². The van der Waals surface area contributed by atoms with Gasteiger partial charge in [-0.3, -0.25) is 4.79 Å². The van der Waals surface area contributed by atoms with Crippen LogP contribution in [0.3, 0.4) is 0 Å². The van der Waals surface area contributed by atoms with Crippen molar-refractivity contribution in [3.8, 4) is 10.7 Å². The van der Waals surface area contributed by atoms with Gasteiger partial charge >= 0.3 is 0 Å². The van der Waals surface area contributed by atoms with Crippen LogP contribution in [0.15, 0.2) is 17.5 Å². The van der Waals surface area contributed by atoms with Gasteiger partial charge in [-0.15, -0.1) is 21.5 Å². The zero-order valence-corrected chi connectivity index (χ0v) is 12.8. The van der Waals surface area contributed by atoms with Gasteiger partial charge in [-0.05, 0) is 23.1 Å².